The molecule has 1 aromatic carbocycles. The normalized spacial score (nSPS) is 9.89. The van der Waals surface area contributed by atoms with Gasteiger partial charge in [-0.25, -0.2) is 0 Å². The summed E-state index contributed by atoms with van der Waals surface area (Å²) in [6, 6.07) is 8.73. The first-order valence-electron chi connectivity index (χ1n) is 5.29. The van der Waals surface area contributed by atoms with Crippen LogP contribution in [0.5, 0.6) is 5.75 Å². The lowest BCUT2D eigenvalue weighted by Gasteiger charge is -2.06. The second kappa shape index (κ2) is 5.51. The summed E-state index contributed by atoms with van der Waals surface area (Å²) in [6.45, 7) is 1.95. The topological polar surface area (TPSA) is 51.2 Å². The summed E-state index contributed by atoms with van der Waals surface area (Å²) in [4.78, 5) is 20.6. The monoisotopic (exact) mass is 262 g/mol. The van der Waals surface area contributed by atoms with Gasteiger partial charge in [-0.15, -0.1) is 0 Å². The van der Waals surface area contributed by atoms with Crippen molar-refractivity contribution in [1.82, 2.24) is 10.5 Å². The highest BCUT2D eigenvalue weighted by Crippen LogP contribution is 2.14. The van der Waals surface area contributed by atoms with Crippen LogP contribution in [0, 0.1) is 6.92 Å². The van der Waals surface area contributed by atoms with Crippen molar-refractivity contribution < 1.29 is 9.63 Å². The Bertz CT molecular complexity index is 555. The van der Waals surface area contributed by atoms with E-state index in [4.69, 9.17) is 16.4 Å². The third kappa shape index (κ3) is 3.21. The molecule has 0 aliphatic rings. The average molecular weight is 263 g/mol. The third-order valence-corrected chi connectivity index (χ3v) is 2.46. The molecule has 0 fully saturated rings. The summed E-state index contributed by atoms with van der Waals surface area (Å²) in [5.74, 6) is 0.0536. The standard InChI is InChI=1S/C13H11ClN2O2/c1-9-2-4-10(5-3-9)13(17)16-18-12-6-11(14)7-15-8-12/h2-8H,1H3,(H,16,17). The Labute approximate surface area is 110 Å². The molecular formula is C13H11ClN2O2. The van der Waals surface area contributed by atoms with Gasteiger partial charge < -0.3 is 4.84 Å². The maximum atomic E-state index is 11.7. The van der Waals surface area contributed by atoms with Crippen molar-refractivity contribution >= 4 is 17.5 Å². The molecule has 4 nitrogen and oxygen atoms in total. The van der Waals surface area contributed by atoms with E-state index in [1.807, 2.05) is 19.1 Å². The van der Waals surface area contributed by atoms with Crippen molar-refractivity contribution in [3.05, 3.63) is 58.9 Å². The van der Waals surface area contributed by atoms with Crippen molar-refractivity contribution in [3.8, 4) is 5.75 Å². The third-order valence-electron chi connectivity index (χ3n) is 2.26. The van der Waals surface area contributed by atoms with Gasteiger partial charge in [-0.3, -0.25) is 9.78 Å². The van der Waals surface area contributed by atoms with E-state index in [1.54, 1.807) is 18.2 Å². The molecule has 2 aromatic rings. The Kier molecular flexibility index (Phi) is 3.79. The van der Waals surface area contributed by atoms with Crippen LogP contribution in [-0.4, -0.2) is 10.9 Å². The maximum Gasteiger partial charge on any atom is 0.283 e. The van der Waals surface area contributed by atoms with Crippen molar-refractivity contribution in [2.24, 2.45) is 0 Å². The van der Waals surface area contributed by atoms with Gasteiger partial charge in [0.25, 0.3) is 5.91 Å². The SMILES string of the molecule is Cc1ccc(C(=O)NOc2cncc(Cl)c2)cc1. The smallest absolute Gasteiger partial charge is 0.283 e. The van der Waals surface area contributed by atoms with E-state index in [-0.39, 0.29) is 5.91 Å². The van der Waals surface area contributed by atoms with E-state index in [2.05, 4.69) is 10.5 Å². The Morgan fingerprint density at radius 2 is 2.00 bits per heavy atom. The molecule has 0 spiro atoms. The molecule has 5 heteroatoms. The number of nitrogens with zero attached hydrogens (tertiary/aromatic N) is 1. The summed E-state index contributed by atoms with van der Waals surface area (Å²) in [7, 11) is 0. The first-order chi connectivity index (χ1) is 8.65. The van der Waals surface area contributed by atoms with Crippen LogP contribution >= 0.6 is 11.6 Å². The fraction of sp³-hybridized carbons (Fsp3) is 0.0769. The van der Waals surface area contributed by atoms with Gasteiger partial charge in [0.2, 0.25) is 0 Å². The highest BCUT2D eigenvalue weighted by molar-refractivity contribution is 6.30. The van der Waals surface area contributed by atoms with E-state index in [0.29, 0.717) is 16.3 Å². The number of hydrogen-bond acceptors (Lipinski definition) is 3. The molecule has 0 aliphatic carbocycles. The fourth-order valence-corrected chi connectivity index (χ4v) is 1.48. The second-order valence-electron chi connectivity index (χ2n) is 3.74. The highest BCUT2D eigenvalue weighted by atomic mass is 35.5. The summed E-state index contributed by atoms with van der Waals surface area (Å²) >= 11 is 5.74. The molecule has 1 amide bonds. The number of pyridine rings is 1. The highest BCUT2D eigenvalue weighted by Gasteiger charge is 2.05. The predicted octanol–water partition coefficient (Wildman–Crippen LogP) is 2.77. The number of halogens is 1. The molecule has 0 saturated carbocycles. The lowest BCUT2D eigenvalue weighted by molar-refractivity contribution is 0.0759. The van der Waals surface area contributed by atoms with E-state index in [0.717, 1.165) is 5.56 Å². The van der Waals surface area contributed by atoms with Crippen LogP contribution in [0.3, 0.4) is 0 Å². The first kappa shape index (κ1) is 12.4. The Morgan fingerprint density at radius 1 is 1.28 bits per heavy atom. The Hall–Kier alpha value is -2.07. The van der Waals surface area contributed by atoms with Crippen LogP contribution in [0.1, 0.15) is 15.9 Å². The van der Waals surface area contributed by atoms with Crippen molar-refractivity contribution in [2.75, 3.05) is 0 Å². The van der Waals surface area contributed by atoms with Gasteiger partial charge in [0.1, 0.15) is 0 Å². The number of carbonyl (C=O) groups excluding carboxylic acids is 1. The van der Waals surface area contributed by atoms with Crippen LogP contribution < -0.4 is 10.3 Å². The van der Waals surface area contributed by atoms with Gasteiger partial charge in [-0.05, 0) is 19.1 Å². The molecule has 0 atom stereocenters. The molecule has 1 aromatic heterocycles. The Balaban J connectivity index is 1.98. The van der Waals surface area contributed by atoms with Crippen LogP contribution in [0.25, 0.3) is 0 Å². The number of amides is 1. The van der Waals surface area contributed by atoms with Crippen LogP contribution in [0.2, 0.25) is 5.02 Å². The van der Waals surface area contributed by atoms with E-state index in [1.165, 1.54) is 12.4 Å². The van der Waals surface area contributed by atoms with Gasteiger partial charge in [-0.2, -0.15) is 5.48 Å². The zero-order valence-electron chi connectivity index (χ0n) is 9.68. The molecule has 0 bridgehead atoms. The minimum absolute atomic E-state index is 0.324. The number of aromatic nitrogens is 1. The van der Waals surface area contributed by atoms with Crippen LogP contribution in [0.15, 0.2) is 42.7 Å². The van der Waals surface area contributed by atoms with Gasteiger partial charge >= 0.3 is 0 Å². The molecule has 1 N–H and O–H groups in total. The first-order valence-corrected chi connectivity index (χ1v) is 5.67. The summed E-state index contributed by atoms with van der Waals surface area (Å²) in [5.41, 5.74) is 3.94. The lowest BCUT2D eigenvalue weighted by atomic mass is 10.1. The van der Waals surface area contributed by atoms with Crippen LogP contribution in [-0.2, 0) is 0 Å². The van der Waals surface area contributed by atoms with Gasteiger partial charge in [-0.1, -0.05) is 29.3 Å². The van der Waals surface area contributed by atoms with Gasteiger partial charge in [0.15, 0.2) is 5.75 Å². The quantitative estimate of drug-likeness (QED) is 0.866. The second-order valence-corrected chi connectivity index (χ2v) is 4.17. The largest absolute Gasteiger partial charge is 0.378 e. The summed E-state index contributed by atoms with van der Waals surface area (Å²) < 4.78 is 0. The fourth-order valence-electron chi connectivity index (χ4n) is 1.32. The molecule has 0 radical (unpaired) electrons. The zero-order valence-corrected chi connectivity index (χ0v) is 10.4. The number of rotatable bonds is 3. The van der Waals surface area contributed by atoms with Gasteiger partial charge in [0, 0.05) is 17.8 Å². The number of benzene rings is 1. The molecule has 1 heterocycles. The van der Waals surface area contributed by atoms with Crippen molar-refractivity contribution in [2.45, 2.75) is 6.92 Å². The molecular weight excluding hydrogens is 252 g/mol. The average Bonchev–Trinajstić information content (AvgIpc) is 2.37. The van der Waals surface area contributed by atoms with E-state index < -0.39 is 0 Å². The maximum absolute atomic E-state index is 11.7. The molecule has 18 heavy (non-hydrogen) atoms. The molecule has 0 saturated heterocycles. The molecule has 2 rings (SSSR count). The van der Waals surface area contributed by atoms with Crippen molar-refractivity contribution in [3.63, 3.8) is 0 Å². The zero-order chi connectivity index (χ0) is 13.0. The number of carbonyl (C=O) groups is 1. The van der Waals surface area contributed by atoms with E-state index in [9.17, 15) is 4.79 Å². The minimum Gasteiger partial charge on any atom is -0.378 e. The lowest BCUT2D eigenvalue weighted by Crippen LogP contribution is -2.26. The number of hydroxylamine groups is 1. The summed E-state index contributed by atoms with van der Waals surface area (Å²) in [5, 5.41) is 0.442. The molecule has 92 valence electrons. The predicted molar refractivity (Wildman–Crippen MR) is 68.5 cm³/mol. The van der Waals surface area contributed by atoms with Crippen LogP contribution in [0.4, 0.5) is 0 Å². The molecule has 0 aliphatic heterocycles. The molecule has 0 unspecified atom stereocenters. The van der Waals surface area contributed by atoms with E-state index >= 15 is 0 Å². The number of hydrogen-bond donors (Lipinski definition) is 1. The van der Waals surface area contributed by atoms with Crippen molar-refractivity contribution in [1.29, 1.82) is 0 Å². The number of aryl methyl sites for hydroxylation is 1. The summed E-state index contributed by atoms with van der Waals surface area (Å²) in [6.07, 6.45) is 2.94. The van der Waals surface area contributed by atoms with Gasteiger partial charge in [0.05, 0.1) is 11.2 Å². The Morgan fingerprint density at radius 3 is 2.67 bits per heavy atom. The minimum atomic E-state index is -0.324. The number of nitrogens with one attached hydrogen (secondary N) is 1.